The number of carbonyl (C=O) groups excluding carboxylic acids is 1. The van der Waals surface area contributed by atoms with Crippen molar-refractivity contribution < 1.29 is 14.7 Å². The molecule has 0 bridgehead atoms. The molecule has 0 aliphatic heterocycles. The van der Waals surface area contributed by atoms with Crippen LogP contribution < -0.4 is 0 Å². The number of carboxylic acids is 1. The van der Waals surface area contributed by atoms with E-state index in [0.29, 0.717) is 13.1 Å². The molecule has 0 fully saturated rings. The maximum atomic E-state index is 12.2. The largest absolute Gasteiger partial charge is 0.480 e. The highest BCUT2D eigenvalue weighted by Crippen LogP contribution is 2.13. The van der Waals surface area contributed by atoms with Crippen LogP contribution in [0.2, 0.25) is 0 Å². The summed E-state index contributed by atoms with van der Waals surface area (Å²) < 4.78 is 0. The predicted molar refractivity (Wildman–Crippen MR) is 73.8 cm³/mol. The Balaban J connectivity index is 2.74. The van der Waals surface area contributed by atoms with E-state index in [-0.39, 0.29) is 19.1 Å². The Morgan fingerprint density at radius 3 is 2.68 bits per heavy atom. The fourth-order valence-electron chi connectivity index (χ4n) is 1.57. The number of thiophene rings is 1. The topological polar surface area (TPSA) is 60.9 Å². The number of nitrogens with zero attached hydrogens (tertiary/aromatic N) is 2. The van der Waals surface area contributed by atoms with Crippen LogP contribution in [-0.2, 0) is 11.3 Å². The van der Waals surface area contributed by atoms with Gasteiger partial charge in [0.05, 0.1) is 13.1 Å². The van der Waals surface area contributed by atoms with Crippen LogP contribution in [0.5, 0.6) is 0 Å². The Bertz CT molecular complexity index is 465. The highest BCUT2D eigenvalue weighted by Gasteiger charge is 2.21. The van der Waals surface area contributed by atoms with Crippen molar-refractivity contribution in [2.75, 3.05) is 19.6 Å². The van der Waals surface area contributed by atoms with Gasteiger partial charge in [0.1, 0.15) is 6.54 Å². The molecule has 19 heavy (non-hydrogen) atoms. The summed E-state index contributed by atoms with van der Waals surface area (Å²) in [6.07, 6.45) is 5.17. The van der Waals surface area contributed by atoms with E-state index in [1.165, 1.54) is 0 Å². The Kier molecular flexibility index (Phi) is 5.90. The van der Waals surface area contributed by atoms with E-state index in [1.54, 1.807) is 16.2 Å². The van der Waals surface area contributed by atoms with Crippen LogP contribution in [0, 0.1) is 12.3 Å². The summed E-state index contributed by atoms with van der Waals surface area (Å²) in [5, 5.41) is 10.7. The molecule has 6 heteroatoms. The maximum absolute atomic E-state index is 12.2. The normalized spacial score (nSPS) is 9.68. The summed E-state index contributed by atoms with van der Waals surface area (Å²) in [6, 6.07) is 3.49. The second-order valence-electron chi connectivity index (χ2n) is 3.83. The van der Waals surface area contributed by atoms with Crippen molar-refractivity contribution >= 4 is 23.3 Å². The number of urea groups is 1. The van der Waals surface area contributed by atoms with Crippen LogP contribution in [0.15, 0.2) is 17.5 Å². The van der Waals surface area contributed by atoms with Gasteiger partial charge in [0.2, 0.25) is 0 Å². The van der Waals surface area contributed by atoms with E-state index >= 15 is 0 Å². The number of carboxylic acid groups (broad SMARTS) is 1. The lowest BCUT2D eigenvalue weighted by Crippen LogP contribution is -2.45. The number of aliphatic carboxylic acids is 1. The monoisotopic (exact) mass is 280 g/mol. The van der Waals surface area contributed by atoms with Crippen LogP contribution in [0.4, 0.5) is 4.79 Å². The van der Waals surface area contributed by atoms with E-state index in [9.17, 15) is 9.59 Å². The average molecular weight is 280 g/mol. The Morgan fingerprint density at radius 2 is 2.21 bits per heavy atom. The van der Waals surface area contributed by atoms with E-state index in [1.807, 2.05) is 24.4 Å². The Hall–Kier alpha value is -2.00. The number of hydrogen-bond acceptors (Lipinski definition) is 3. The fraction of sp³-hybridized carbons (Fsp3) is 0.385. The van der Waals surface area contributed by atoms with Gasteiger partial charge in [0, 0.05) is 11.4 Å². The van der Waals surface area contributed by atoms with Crippen molar-refractivity contribution in [1.82, 2.24) is 9.80 Å². The molecule has 0 unspecified atom stereocenters. The molecule has 0 aromatic carbocycles. The highest BCUT2D eigenvalue weighted by atomic mass is 32.1. The molecule has 1 rings (SSSR count). The van der Waals surface area contributed by atoms with E-state index in [2.05, 4.69) is 5.92 Å². The molecule has 5 nitrogen and oxygen atoms in total. The van der Waals surface area contributed by atoms with Gasteiger partial charge >= 0.3 is 12.0 Å². The lowest BCUT2D eigenvalue weighted by atomic mass is 10.4. The van der Waals surface area contributed by atoms with Gasteiger partial charge in [0.25, 0.3) is 0 Å². The first-order valence-corrected chi connectivity index (χ1v) is 6.68. The summed E-state index contributed by atoms with van der Waals surface area (Å²) in [4.78, 5) is 26.7. The third kappa shape index (κ3) is 4.64. The van der Waals surface area contributed by atoms with Crippen molar-refractivity contribution in [3.05, 3.63) is 22.4 Å². The minimum atomic E-state index is -1.07. The summed E-state index contributed by atoms with van der Waals surface area (Å²) in [5.74, 6) is 1.24. The predicted octanol–water partition coefficient (Wildman–Crippen LogP) is 1.71. The van der Waals surface area contributed by atoms with Gasteiger partial charge in [-0.2, -0.15) is 0 Å². The maximum Gasteiger partial charge on any atom is 0.323 e. The average Bonchev–Trinajstić information content (AvgIpc) is 2.87. The third-order valence-corrected chi connectivity index (χ3v) is 3.32. The van der Waals surface area contributed by atoms with Crippen LogP contribution in [0.25, 0.3) is 0 Å². The minimum absolute atomic E-state index is 0.00786. The molecular formula is C13H16N2O3S. The van der Waals surface area contributed by atoms with Gasteiger partial charge in [-0.1, -0.05) is 12.0 Å². The van der Waals surface area contributed by atoms with Gasteiger partial charge < -0.3 is 14.9 Å². The lowest BCUT2D eigenvalue weighted by Gasteiger charge is -2.27. The third-order valence-electron chi connectivity index (χ3n) is 2.46. The zero-order valence-corrected chi connectivity index (χ0v) is 11.5. The van der Waals surface area contributed by atoms with Crippen LogP contribution in [0.1, 0.15) is 11.8 Å². The molecule has 0 aliphatic rings. The number of amides is 2. The zero-order chi connectivity index (χ0) is 14.3. The zero-order valence-electron chi connectivity index (χ0n) is 10.7. The van der Waals surface area contributed by atoms with Crippen molar-refractivity contribution in [3.63, 3.8) is 0 Å². The first-order valence-electron chi connectivity index (χ1n) is 5.80. The fourth-order valence-corrected chi connectivity index (χ4v) is 2.29. The molecule has 2 amide bonds. The minimum Gasteiger partial charge on any atom is -0.480 e. The summed E-state index contributed by atoms with van der Waals surface area (Å²) in [7, 11) is 0. The standard InChI is InChI=1S/C13H16N2O3S/c1-3-7-15(10-12(16)17)13(18)14(4-2)9-11-6-5-8-19-11/h1,5-6,8H,4,7,9-10H2,2H3,(H,16,17). The molecule has 1 N–H and O–H groups in total. The molecule has 0 aliphatic carbocycles. The molecule has 102 valence electrons. The van der Waals surface area contributed by atoms with Crippen molar-refractivity contribution in [2.45, 2.75) is 13.5 Å². The Morgan fingerprint density at radius 1 is 1.47 bits per heavy atom. The van der Waals surface area contributed by atoms with Crippen LogP contribution in [-0.4, -0.2) is 46.5 Å². The van der Waals surface area contributed by atoms with Crippen LogP contribution in [0.3, 0.4) is 0 Å². The molecular weight excluding hydrogens is 264 g/mol. The molecule has 1 aromatic heterocycles. The molecule has 1 heterocycles. The molecule has 0 spiro atoms. The van der Waals surface area contributed by atoms with E-state index in [0.717, 1.165) is 9.78 Å². The van der Waals surface area contributed by atoms with Crippen LogP contribution >= 0.6 is 11.3 Å². The molecule has 1 aromatic rings. The number of hydrogen-bond donors (Lipinski definition) is 1. The van der Waals surface area contributed by atoms with Gasteiger partial charge in [-0.05, 0) is 18.4 Å². The summed E-state index contributed by atoms with van der Waals surface area (Å²) >= 11 is 1.55. The number of terminal acetylenes is 1. The smallest absolute Gasteiger partial charge is 0.323 e. The Labute approximate surface area is 116 Å². The summed E-state index contributed by atoms with van der Waals surface area (Å²) in [6.45, 7) is 2.42. The first kappa shape index (κ1) is 15.1. The van der Waals surface area contributed by atoms with E-state index < -0.39 is 5.97 Å². The number of carbonyl (C=O) groups is 2. The lowest BCUT2D eigenvalue weighted by molar-refractivity contribution is -0.137. The van der Waals surface area contributed by atoms with Gasteiger partial charge in [-0.3, -0.25) is 4.79 Å². The van der Waals surface area contributed by atoms with Gasteiger partial charge in [0.15, 0.2) is 0 Å². The van der Waals surface area contributed by atoms with Crippen molar-refractivity contribution in [1.29, 1.82) is 0 Å². The van der Waals surface area contributed by atoms with Gasteiger partial charge in [-0.25, -0.2) is 4.79 Å². The van der Waals surface area contributed by atoms with E-state index in [4.69, 9.17) is 11.5 Å². The van der Waals surface area contributed by atoms with Gasteiger partial charge in [-0.15, -0.1) is 17.8 Å². The second kappa shape index (κ2) is 7.44. The molecule has 0 saturated heterocycles. The number of rotatable bonds is 6. The molecule has 0 atom stereocenters. The SMILES string of the molecule is C#CCN(CC(=O)O)C(=O)N(CC)Cc1cccs1. The van der Waals surface area contributed by atoms with Crippen molar-refractivity contribution in [3.8, 4) is 12.3 Å². The van der Waals surface area contributed by atoms with Crippen molar-refractivity contribution in [2.24, 2.45) is 0 Å². The quantitative estimate of drug-likeness (QED) is 0.807. The molecule has 0 saturated carbocycles. The summed E-state index contributed by atoms with van der Waals surface area (Å²) in [5.41, 5.74) is 0. The molecule has 0 radical (unpaired) electrons. The second-order valence-corrected chi connectivity index (χ2v) is 4.86. The first-order chi connectivity index (χ1) is 9.08. The highest BCUT2D eigenvalue weighted by molar-refractivity contribution is 7.09.